The van der Waals surface area contributed by atoms with Gasteiger partial charge >= 0.3 is 0 Å². The van der Waals surface area contributed by atoms with Gasteiger partial charge in [0.1, 0.15) is 11.6 Å². The number of thioether (sulfide) groups is 1. The van der Waals surface area contributed by atoms with E-state index in [0.29, 0.717) is 6.54 Å². The first-order valence-corrected chi connectivity index (χ1v) is 8.17. The molecule has 23 heavy (non-hydrogen) atoms. The van der Waals surface area contributed by atoms with Crippen LogP contribution in [0.1, 0.15) is 5.82 Å². The Hall–Kier alpha value is -2.34. The van der Waals surface area contributed by atoms with Crippen LogP contribution in [0.5, 0.6) is 0 Å². The first kappa shape index (κ1) is 15.6. The molecule has 0 aliphatic rings. The van der Waals surface area contributed by atoms with Crippen molar-refractivity contribution >= 4 is 28.7 Å². The average Bonchev–Trinajstić information content (AvgIpc) is 2.89. The second-order valence-corrected chi connectivity index (χ2v) is 6.14. The minimum absolute atomic E-state index is 0.0774. The van der Waals surface area contributed by atoms with Crippen LogP contribution >= 0.6 is 11.8 Å². The molecule has 3 rings (SSSR count). The lowest BCUT2D eigenvalue weighted by molar-refractivity contribution is -0.118. The van der Waals surface area contributed by atoms with Crippen molar-refractivity contribution < 1.29 is 9.18 Å². The molecule has 1 amide bonds. The number of amides is 1. The van der Waals surface area contributed by atoms with Gasteiger partial charge in [0.15, 0.2) is 0 Å². The Morgan fingerprint density at radius 1 is 1.22 bits per heavy atom. The summed E-state index contributed by atoms with van der Waals surface area (Å²) in [4.78, 5) is 17.3. The highest BCUT2D eigenvalue weighted by Gasteiger charge is 2.09. The van der Waals surface area contributed by atoms with Crippen molar-refractivity contribution in [1.29, 1.82) is 0 Å². The fourth-order valence-electron chi connectivity index (χ4n) is 2.26. The number of carbonyl (C=O) groups excluding carboxylic acids is 1. The third-order valence-corrected chi connectivity index (χ3v) is 4.52. The molecular weight excluding hydrogens is 313 g/mol. The number of halogens is 1. The number of fused-ring (bicyclic) bond motifs is 1. The molecule has 1 heterocycles. The van der Waals surface area contributed by atoms with Crippen LogP contribution in [0.3, 0.4) is 0 Å². The largest absolute Gasteiger partial charge is 0.348 e. The Kier molecular flexibility index (Phi) is 4.62. The van der Waals surface area contributed by atoms with Crippen molar-refractivity contribution in [3.8, 4) is 0 Å². The molecule has 0 saturated carbocycles. The zero-order valence-corrected chi connectivity index (χ0v) is 13.4. The number of aryl methyl sites for hydroxylation is 1. The van der Waals surface area contributed by atoms with E-state index >= 15 is 0 Å². The van der Waals surface area contributed by atoms with Crippen molar-refractivity contribution in [3.63, 3.8) is 0 Å². The molecule has 118 valence electrons. The van der Waals surface area contributed by atoms with Crippen LogP contribution in [0.25, 0.3) is 11.0 Å². The van der Waals surface area contributed by atoms with Gasteiger partial charge in [-0.2, -0.15) is 0 Å². The molecule has 0 saturated heterocycles. The molecule has 0 atom stereocenters. The normalized spacial score (nSPS) is 10.9. The Bertz CT molecular complexity index is 829. The first-order chi connectivity index (χ1) is 11.1. The number of hydrogen-bond acceptors (Lipinski definition) is 3. The van der Waals surface area contributed by atoms with Crippen molar-refractivity contribution in [2.45, 2.75) is 11.4 Å². The maximum absolute atomic E-state index is 12.8. The van der Waals surface area contributed by atoms with Gasteiger partial charge in [0.2, 0.25) is 5.91 Å². The number of nitrogens with one attached hydrogen (secondary N) is 1. The highest BCUT2D eigenvalue weighted by atomic mass is 32.2. The molecule has 0 unspecified atom stereocenters. The Morgan fingerprint density at radius 2 is 1.96 bits per heavy atom. The lowest BCUT2D eigenvalue weighted by Crippen LogP contribution is -2.26. The minimum atomic E-state index is -0.277. The lowest BCUT2D eigenvalue weighted by atomic mass is 10.3. The van der Waals surface area contributed by atoms with Gasteiger partial charge in [0, 0.05) is 11.9 Å². The second kappa shape index (κ2) is 6.83. The number of carbonyl (C=O) groups is 1. The number of nitrogens with zero attached hydrogens (tertiary/aromatic N) is 2. The van der Waals surface area contributed by atoms with E-state index in [4.69, 9.17) is 0 Å². The molecule has 0 aliphatic heterocycles. The van der Waals surface area contributed by atoms with E-state index in [9.17, 15) is 9.18 Å². The van der Waals surface area contributed by atoms with Crippen LogP contribution < -0.4 is 5.32 Å². The summed E-state index contributed by atoms with van der Waals surface area (Å²) in [5.41, 5.74) is 1.96. The number of aromatic nitrogens is 2. The zero-order valence-electron chi connectivity index (χ0n) is 12.6. The average molecular weight is 329 g/mol. The van der Waals surface area contributed by atoms with Gasteiger partial charge in [-0.1, -0.05) is 12.1 Å². The van der Waals surface area contributed by atoms with Crippen LogP contribution in [0.2, 0.25) is 0 Å². The zero-order chi connectivity index (χ0) is 16.2. The highest BCUT2D eigenvalue weighted by Crippen LogP contribution is 2.18. The number of imidazole rings is 1. The number of benzene rings is 2. The van der Waals surface area contributed by atoms with Crippen molar-refractivity contribution in [2.24, 2.45) is 7.05 Å². The third-order valence-electron chi connectivity index (χ3n) is 3.51. The fourth-order valence-corrected chi connectivity index (χ4v) is 2.99. The Balaban J connectivity index is 1.55. The minimum Gasteiger partial charge on any atom is -0.348 e. The SMILES string of the molecule is Cn1c(CNC(=O)CSc2ccc(F)cc2)nc2ccccc21. The Morgan fingerprint density at radius 3 is 2.70 bits per heavy atom. The van der Waals surface area contributed by atoms with Gasteiger partial charge in [-0.25, -0.2) is 9.37 Å². The maximum atomic E-state index is 12.8. The molecule has 0 radical (unpaired) electrons. The van der Waals surface area contributed by atoms with Gasteiger partial charge < -0.3 is 9.88 Å². The van der Waals surface area contributed by atoms with E-state index in [-0.39, 0.29) is 17.5 Å². The van der Waals surface area contributed by atoms with Gasteiger partial charge in [-0.3, -0.25) is 4.79 Å². The number of rotatable bonds is 5. The molecule has 4 nitrogen and oxygen atoms in total. The number of para-hydroxylation sites is 2. The lowest BCUT2D eigenvalue weighted by Gasteiger charge is -2.06. The summed E-state index contributed by atoms with van der Waals surface area (Å²) in [5.74, 6) is 0.744. The van der Waals surface area contributed by atoms with E-state index in [1.54, 1.807) is 12.1 Å². The molecule has 0 aliphatic carbocycles. The molecule has 2 aromatic carbocycles. The monoisotopic (exact) mass is 329 g/mol. The predicted octanol–water partition coefficient (Wildman–Crippen LogP) is 3.12. The van der Waals surface area contributed by atoms with Gasteiger partial charge in [0.25, 0.3) is 0 Å². The second-order valence-electron chi connectivity index (χ2n) is 5.10. The summed E-state index contributed by atoms with van der Waals surface area (Å²) in [6.45, 7) is 0.383. The quantitative estimate of drug-likeness (QED) is 0.732. The highest BCUT2D eigenvalue weighted by molar-refractivity contribution is 8.00. The summed E-state index contributed by atoms with van der Waals surface area (Å²) in [6, 6.07) is 14.0. The predicted molar refractivity (Wildman–Crippen MR) is 89.7 cm³/mol. The number of hydrogen-bond donors (Lipinski definition) is 1. The topological polar surface area (TPSA) is 46.9 Å². The summed E-state index contributed by atoms with van der Waals surface area (Å²) in [5, 5.41) is 2.87. The smallest absolute Gasteiger partial charge is 0.230 e. The van der Waals surface area contributed by atoms with E-state index in [0.717, 1.165) is 21.8 Å². The van der Waals surface area contributed by atoms with Gasteiger partial charge in [-0.05, 0) is 36.4 Å². The van der Waals surface area contributed by atoms with Gasteiger partial charge in [0.05, 0.1) is 23.3 Å². The molecule has 3 aromatic rings. The first-order valence-electron chi connectivity index (χ1n) is 7.19. The van der Waals surface area contributed by atoms with E-state index in [1.807, 2.05) is 35.9 Å². The van der Waals surface area contributed by atoms with Crippen molar-refractivity contribution in [3.05, 3.63) is 60.2 Å². The Labute approximate surface area is 137 Å². The molecule has 1 N–H and O–H groups in total. The van der Waals surface area contributed by atoms with Crippen molar-refractivity contribution in [2.75, 3.05) is 5.75 Å². The summed E-state index contributed by atoms with van der Waals surface area (Å²) in [6.07, 6.45) is 0. The molecule has 1 aromatic heterocycles. The van der Waals surface area contributed by atoms with Crippen molar-refractivity contribution in [1.82, 2.24) is 14.9 Å². The van der Waals surface area contributed by atoms with E-state index < -0.39 is 0 Å². The third kappa shape index (κ3) is 3.71. The molecule has 0 fully saturated rings. The van der Waals surface area contributed by atoms with Crippen LogP contribution in [-0.4, -0.2) is 21.2 Å². The molecule has 6 heteroatoms. The standard InChI is InChI=1S/C17H16FN3OS/c1-21-15-5-3-2-4-14(15)20-16(21)10-19-17(22)11-23-13-8-6-12(18)7-9-13/h2-9H,10-11H2,1H3,(H,19,22). The summed E-state index contributed by atoms with van der Waals surface area (Å²) >= 11 is 1.38. The maximum Gasteiger partial charge on any atom is 0.230 e. The molecule has 0 bridgehead atoms. The van der Waals surface area contributed by atoms with Crippen LogP contribution in [-0.2, 0) is 18.4 Å². The van der Waals surface area contributed by atoms with Crippen LogP contribution in [0.4, 0.5) is 4.39 Å². The van der Waals surface area contributed by atoms with E-state index in [1.165, 1.54) is 23.9 Å². The van der Waals surface area contributed by atoms with Crippen LogP contribution in [0.15, 0.2) is 53.4 Å². The molecule has 0 spiro atoms. The van der Waals surface area contributed by atoms with E-state index in [2.05, 4.69) is 10.3 Å². The van der Waals surface area contributed by atoms with Gasteiger partial charge in [-0.15, -0.1) is 11.8 Å². The van der Waals surface area contributed by atoms with Crippen LogP contribution in [0, 0.1) is 5.82 Å². The fraction of sp³-hybridized carbons (Fsp3) is 0.176. The summed E-state index contributed by atoms with van der Waals surface area (Å²) in [7, 11) is 1.93. The summed E-state index contributed by atoms with van der Waals surface area (Å²) < 4.78 is 14.8. The molecular formula is C17H16FN3OS.